The quantitative estimate of drug-likeness (QED) is 0.870. The Hall–Kier alpha value is -1.61. The third kappa shape index (κ3) is 3.94. The van der Waals surface area contributed by atoms with Crippen LogP contribution in [0.25, 0.3) is 0 Å². The van der Waals surface area contributed by atoms with Gasteiger partial charge >= 0.3 is 0 Å². The number of benzene rings is 1. The summed E-state index contributed by atoms with van der Waals surface area (Å²) in [6.07, 6.45) is 3.00. The molecule has 3 nitrogen and oxygen atoms in total. The molecule has 0 aliphatic heterocycles. The number of hydrogen-bond acceptors (Lipinski definition) is 2. The van der Waals surface area contributed by atoms with Gasteiger partial charge in [0, 0.05) is 24.7 Å². The summed E-state index contributed by atoms with van der Waals surface area (Å²) in [5.74, 6) is 0. The highest BCUT2D eigenvalue weighted by atomic mass is 15.3. The molecule has 0 aliphatic rings. The molecule has 114 valence electrons. The molecule has 0 saturated carbocycles. The topological polar surface area (TPSA) is 29.9 Å². The second kappa shape index (κ2) is 6.90. The minimum absolute atomic E-state index is 0.325. The average molecular weight is 285 g/mol. The van der Waals surface area contributed by atoms with Crippen molar-refractivity contribution in [2.24, 2.45) is 0 Å². The first-order valence-corrected chi connectivity index (χ1v) is 7.85. The van der Waals surface area contributed by atoms with Crippen LogP contribution in [0, 0.1) is 13.8 Å². The van der Waals surface area contributed by atoms with E-state index in [-0.39, 0.29) is 0 Å². The fourth-order valence-corrected chi connectivity index (χ4v) is 2.74. The Balaban J connectivity index is 2.21. The van der Waals surface area contributed by atoms with Crippen molar-refractivity contribution >= 4 is 0 Å². The summed E-state index contributed by atoms with van der Waals surface area (Å²) in [6, 6.07) is 9.57. The third-order valence-electron chi connectivity index (χ3n) is 3.86. The first-order valence-electron chi connectivity index (χ1n) is 7.85. The van der Waals surface area contributed by atoms with Gasteiger partial charge in [0.15, 0.2) is 0 Å². The number of nitrogens with one attached hydrogen (secondary N) is 1. The Bertz CT molecular complexity index is 584. The summed E-state index contributed by atoms with van der Waals surface area (Å²) in [4.78, 5) is 0. The van der Waals surface area contributed by atoms with E-state index in [1.165, 1.54) is 16.7 Å². The minimum atomic E-state index is 0.325. The van der Waals surface area contributed by atoms with Gasteiger partial charge in [-0.2, -0.15) is 5.10 Å². The standard InChI is InChI=1S/C18H27N3/c1-6-19-18(17-8-7-14(4)11-15(17)5)12-16-9-10-21(20-16)13(2)3/h7-11,13,18-19H,6,12H2,1-5H3. The monoisotopic (exact) mass is 285 g/mol. The summed E-state index contributed by atoms with van der Waals surface area (Å²) >= 11 is 0. The molecule has 1 atom stereocenters. The number of aromatic nitrogens is 2. The fourth-order valence-electron chi connectivity index (χ4n) is 2.74. The molecule has 0 spiro atoms. The van der Waals surface area contributed by atoms with Crippen molar-refractivity contribution in [3.63, 3.8) is 0 Å². The van der Waals surface area contributed by atoms with E-state index in [1.54, 1.807) is 0 Å². The van der Waals surface area contributed by atoms with Crippen LogP contribution in [0.5, 0.6) is 0 Å². The van der Waals surface area contributed by atoms with Crippen LogP contribution in [0.3, 0.4) is 0 Å². The minimum Gasteiger partial charge on any atom is -0.310 e. The lowest BCUT2D eigenvalue weighted by molar-refractivity contribution is 0.505. The number of hydrogen-bond donors (Lipinski definition) is 1. The second-order valence-corrected chi connectivity index (χ2v) is 6.06. The average Bonchev–Trinajstić information content (AvgIpc) is 2.87. The first-order chi connectivity index (χ1) is 10.0. The van der Waals surface area contributed by atoms with E-state index in [2.05, 4.69) is 75.5 Å². The summed E-state index contributed by atoms with van der Waals surface area (Å²) in [6.45, 7) is 11.8. The molecule has 3 heteroatoms. The first kappa shape index (κ1) is 15.8. The molecular weight excluding hydrogens is 258 g/mol. The van der Waals surface area contributed by atoms with Crippen LogP contribution in [0.2, 0.25) is 0 Å². The largest absolute Gasteiger partial charge is 0.310 e. The van der Waals surface area contributed by atoms with Gasteiger partial charge in [-0.15, -0.1) is 0 Å². The summed E-state index contributed by atoms with van der Waals surface area (Å²) in [5, 5.41) is 8.28. The van der Waals surface area contributed by atoms with Crippen molar-refractivity contribution in [2.75, 3.05) is 6.54 Å². The third-order valence-corrected chi connectivity index (χ3v) is 3.86. The molecule has 0 bridgehead atoms. The summed E-state index contributed by atoms with van der Waals surface area (Å²) < 4.78 is 2.03. The number of likely N-dealkylation sites (N-methyl/N-ethyl adjacent to an activating group) is 1. The Morgan fingerprint density at radius 1 is 1.19 bits per heavy atom. The number of nitrogens with zero attached hydrogens (tertiary/aromatic N) is 2. The number of aryl methyl sites for hydroxylation is 2. The van der Waals surface area contributed by atoms with Crippen molar-refractivity contribution in [1.82, 2.24) is 15.1 Å². The van der Waals surface area contributed by atoms with Gasteiger partial charge in [0.1, 0.15) is 0 Å². The highest BCUT2D eigenvalue weighted by Gasteiger charge is 2.15. The van der Waals surface area contributed by atoms with Crippen LogP contribution < -0.4 is 5.32 Å². The molecule has 2 rings (SSSR count). The predicted molar refractivity (Wildman–Crippen MR) is 88.6 cm³/mol. The van der Waals surface area contributed by atoms with Crippen molar-refractivity contribution in [2.45, 2.75) is 53.1 Å². The highest BCUT2D eigenvalue weighted by molar-refractivity contribution is 5.33. The van der Waals surface area contributed by atoms with E-state index in [1.807, 2.05) is 4.68 Å². The normalized spacial score (nSPS) is 12.9. The maximum atomic E-state index is 4.68. The zero-order valence-corrected chi connectivity index (χ0v) is 13.9. The Morgan fingerprint density at radius 2 is 1.95 bits per heavy atom. The van der Waals surface area contributed by atoms with Gasteiger partial charge in [-0.05, 0) is 51.4 Å². The molecule has 0 amide bonds. The van der Waals surface area contributed by atoms with Gasteiger partial charge in [0.05, 0.1) is 5.69 Å². The molecule has 0 fully saturated rings. The van der Waals surface area contributed by atoms with Gasteiger partial charge < -0.3 is 5.32 Å². The molecule has 1 aromatic heterocycles. The molecule has 1 N–H and O–H groups in total. The Labute approximate surface area is 128 Å². The molecule has 1 heterocycles. The van der Waals surface area contributed by atoms with E-state index < -0.39 is 0 Å². The van der Waals surface area contributed by atoms with Gasteiger partial charge in [0.2, 0.25) is 0 Å². The molecule has 1 aromatic carbocycles. The van der Waals surface area contributed by atoms with Gasteiger partial charge in [-0.25, -0.2) is 0 Å². The SMILES string of the molecule is CCNC(Cc1ccn(C(C)C)n1)c1ccc(C)cc1C. The van der Waals surface area contributed by atoms with Crippen LogP contribution in [0.15, 0.2) is 30.5 Å². The lowest BCUT2D eigenvalue weighted by atomic mass is 9.96. The van der Waals surface area contributed by atoms with Crippen LogP contribution in [0.4, 0.5) is 0 Å². The van der Waals surface area contributed by atoms with E-state index >= 15 is 0 Å². The molecular formula is C18H27N3. The fraction of sp³-hybridized carbons (Fsp3) is 0.500. The lowest BCUT2D eigenvalue weighted by Crippen LogP contribution is -2.24. The predicted octanol–water partition coefficient (Wildman–Crippen LogP) is 3.97. The van der Waals surface area contributed by atoms with E-state index in [0.29, 0.717) is 12.1 Å². The molecule has 1 unspecified atom stereocenters. The highest BCUT2D eigenvalue weighted by Crippen LogP contribution is 2.22. The van der Waals surface area contributed by atoms with Crippen molar-refractivity contribution in [1.29, 1.82) is 0 Å². The van der Waals surface area contributed by atoms with E-state index in [0.717, 1.165) is 18.7 Å². The van der Waals surface area contributed by atoms with E-state index in [4.69, 9.17) is 0 Å². The van der Waals surface area contributed by atoms with Crippen LogP contribution >= 0.6 is 0 Å². The molecule has 0 aliphatic carbocycles. The van der Waals surface area contributed by atoms with Gasteiger partial charge in [-0.1, -0.05) is 30.7 Å². The maximum absolute atomic E-state index is 4.68. The maximum Gasteiger partial charge on any atom is 0.0643 e. The van der Waals surface area contributed by atoms with Crippen molar-refractivity contribution < 1.29 is 0 Å². The van der Waals surface area contributed by atoms with E-state index in [9.17, 15) is 0 Å². The van der Waals surface area contributed by atoms with Crippen LogP contribution in [-0.4, -0.2) is 16.3 Å². The summed E-state index contributed by atoms with van der Waals surface area (Å²) in [7, 11) is 0. The Morgan fingerprint density at radius 3 is 2.52 bits per heavy atom. The lowest BCUT2D eigenvalue weighted by Gasteiger charge is -2.20. The molecule has 0 radical (unpaired) electrons. The molecule has 21 heavy (non-hydrogen) atoms. The van der Waals surface area contributed by atoms with Crippen LogP contribution in [-0.2, 0) is 6.42 Å². The zero-order valence-electron chi connectivity index (χ0n) is 13.9. The smallest absolute Gasteiger partial charge is 0.0643 e. The number of rotatable bonds is 6. The Kier molecular flexibility index (Phi) is 5.18. The van der Waals surface area contributed by atoms with Crippen LogP contribution in [0.1, 0.15) is 55.2 Å². The zero-order chi connectivity index (χ0) is 15.4. The van der Waals surface area contributed by atoms with Gasteiger partial charge in [0.25, 0.3) is 0 Å². The van der Waals surface area contributed by atoms with Gasteiger partial charge in [-0.3, -0.25) is 4.68 Å². The second-order valence-electron chi connectivity index (χ2n) is 6.06. The molecule has 0 saturated heterocycles. The van der Waals surface area contributed by atoms with Crippen molar-refractivity contribution in [3.8, 4) is 0 Å². The molecule has 2 aromatic rings. The summed E-state index contributed by atoms with van der Waals surface area (Å²) in [5.41, 5.74) is 5.19. The van der Waals surface area contributed by atoms with Crippen molar-refractivity contribution in [3.05, 3.63) is 52.8 Å².